The molecule has 0 N–H and O–H groups in total. The summed E-state index contributed by atoms with van der Waals surface area (Å²) in [5.41, 5.74) is 3.24. The van der Waals surface area contributed by atoms with Gasteiger partial charge in [0, 0.05) is 37.9 Å². The maximum Gasteiger partial charge on any atom is 0.257 e. The quantitative estimate of drug-likeness (QED) is 0.857. The number of nitrogens with zero attached hydrogens (tertiary/aromatic N) is 4. The van der Waals surface area contributed by atoms with E-state index in [-0.39, 0.29) is 5.91 Å². The van der Waals surface area contributed by atoms with E-state index in [0.717, 1.165) is 63.0 Å². The number of pyridine rings is 1. The van der Waals surface area contributed by atoms with Gasteiger partial charge in [-0.1, -0.05) is 0 Å². The molecule has 0 spiro atoms. The zero-order chi connectivity index (χ0) is 15.6. The van der Waals surface area contributed by atoms with Crippen LogP contribution < -0.4 is 0 Å². The van der Waals surface area contributed by atoms with Crippen LogP contribution in [0.25, 0.3) is 0 Å². The SMILES string of the molecule is O=C(c1cnn2c1CCCC2)N1CCC[C@H](c2ccncc2)C1. The Hall–Kier alpha value is -2.17. The van der Waals surface area contributed by atoms with Crippen molar-refractivity contribution in [2.75, 3.05) is 13.1 Å². The Bertz CT molecular complexity index is 694. The van der Waals surface area contributed by atoms with Gasteiger partial charge in [-0.05, 0) is 49.8 Å². The van der Waals surface area contributed by atoms with E-state index in [0.29, 0.717) is 5.92 Å². The Kier molecular flexibility index (Phi) is 3.85. The van der Waals surface area contributed by atoms with Gasteiger partial charge in [-0.2, -0.15) is 5.10 Å². The molecule has 5 heteroatoms. The fourth-order valence-electron chi connectivity index (χ4n) is 3.84. The summed E-state index contributed by atoms with van der Waals surface area (Å²) in [5.74, 6) is 0.578. The number of aryl methyl sites for hydroxylation is 1. The Morgan fingerprint density at radius 1 is 1.13 bits per heavy atom. The topological polar surface area (TPSA) is 51.0 Å². The molecule has 120 valence electrons. The van der Waals surface area contributed by atoms with Crippen LogP contribution in [0.1, 0.15) is 53.2 Å². The number of rotatable bonds is 2. The maximum absolute atomic E-state index is 13.0. The van der Waals surface area contributed by atoms with Gasteiger partial charge in [-0.25, -0.2) is 0 Å². The van der Waals surface area contributed by atoms with Gasteiger partial charge in [0.05, 0.1) is 17.5 Å². The Labute approximate surface area is 136 Å². The number of hydrogen-bond acceptors (Lipinski definition) is 3. The van der Waals surface area contributed by atoms with E-state index in [1.165, 1.54) is 5.56 Å². The van der Waals surface area contributed by atoms with Crippen LogP contribution in [0.3, 0.4) is 0 Å². The lowest BCUT2D eigenvalue weighted by Gasteiger charge is -2.33. The predicted octanol–water partition coefficient (Wildman–Crippen LogP) is 2.63. The van der Waals surface area contributed by atoms with Gasteiger partial charge in [-0.3, -0.25) is 14.5 Å². The fraction of sp³-hybridized carbons (Fsp3) is 0.500. The maximum atomic E-state index is 13.0. The third kappa shape index (κ3) is 2.76. The molecule has 1 amide bonds. The third-order valence-electron chi connectivity index (χ3n) is 5.10. The van der Waals surface area contributed by atoms with Gasteiger partial charge in [-0.15, -0.1) is 0 Å². The normalized spacial score (nSPS) is 21.0. The predicted molar refractivity (Wildman–Crippen MR) is 87.3 cm³/mol. The molecule has 0 saturated carbocycles. The number of aromatic nitrogens is 3. The van der Waals surface area contributed by atoms with Crippen molar-refractivity contribution in [1.29, 1.82) is 0 Å². The number of fused-ring (bicyclic) bond motifs is 1. The van der Waals surface area contributed by atoms with Gasteiger partial charge in [0.15, 0.2) is 0 Å². The summed E-state index contributed by atoms with van der Waals surface area (Å²) < 4.78 is 2.01. The molecule has 4 rings (SSSR count). The van der Waals surface area contributed by atoms with Crippen LogP contribution in [-0.4, -0.2) is 38.7 Å². The third-order valence-corrected chi connectivity index (χ3v) is 5.10. The minimum absolute atomic E-state index is 0.159. The van der Waals surface area contributed by atoms with Gasteiger partial charge in [0.2, 0.25) is 0 Å². The number of carbonyl (C=O) groups excluding carboxylic acids is 1. The van der Waals surface area contributed by atoms with Crippen molar-refractivity contribution in [2.24, 2.45) is 0 Å². The number of piperidine rings is 1. The van der Waals surface area contributed by atoms with Crippen molar-refractivity contribution >= 4 is 5.91 Å². The second kappa shape index (κ2) is 6.14. The molecule has 4 heterocycles. The summed E-state index contributed by atoms with van der Waals surface area (Å²) in [7, 11) is 0. The summed E-state index contributed by atoms with van der Waals surface area (Å²) in [6, 6.07) is 4.14. The van der Waals surface area contributed by atoms with E-state index in [9.17, 15) is 4.79 Å². The minimum atomic E-state index is 0.159. The molecule has 0 unspecified atom stereocenters. The molecular formula is C18H22N4O. The van der Waals surface area contributed by atoms with Crippen molar-refractivity contribution < 1.29 is 4.79 Å². The van der Waals surface area contributed by atoms with Crippen LogP contribution in [0, 0.1) is 0 Å². The van der Waals surface area contributed by atoms with E-state index in [1.807, 2.05) is 22.0 Å². The molecule has 0 bridgehead atoms. The fourth-order valence-corrected chi connectivity index (χ4v) is 3.84. The molecule has 1 saturated heterocycles. The molecule has 0 aliphatic carbocycles. The van der Waals surface area contributed by atoms with E-state index in [2.05, 4.69) is 22.2 Å². The molecule has 0 radical (unpaired) electrons. The second-order valence-corrected chi connectivity index (χ2v) is 6.56. The highest BCUT2D eigenvalue weighted by Gasteiger charge is 2.28. The van der Waals surface area contributed by atoms with Crippen LogP contribution >= 0.6 is 0 Å². The average molecular weight is 310 g/mol. The average Bonchev–Trinajstić information content (AvgIpc) is 3.06. The molecule has 2 aliphatic rings. The lowest BCUT2D eigenvalue weighted by atomic mass is 9.91. The van der Waals surface area contributed by atoms with Crippen molar-refractivity contribution in [1.82, 2.24) is 19.7 Å². The van der Waals surface area contributed by atoms with Crippen molar-refractivity contribution in [3.63, 3.8) is 0 Å². The molecule has 2 aliphatic heterocycles. The van der Waals surface area contributed by atoms with E-state index >= 15 is 0 Å². The first-order chi connectivity index (χ1) is 11.3. The smallest absolute Gasteiger partial charge is 0.257 e. The van der Waals surface area contributed by atoms with Crippen LogP contribution in [-0.2, 0) is 13.0 Å². The summed E-state index contributed by atoms with van der Waals surface area (Å²) in [4.78, 5) is 19.1. The lowest BCUT2D eigenvalue weighted by molar-refractivity contribution is 0.0705. The van der Waals surface area contributed by atoms with Crippen molar-refractivity contribution in [3.8, 4) is 0 Å². The molecule has 2 aromatic rings. The van der Waals surface area contributed by atoms with Gasteiger partial charge in [0.25, 0.3) is 5.91 Å². The van der Waals surface area contributed by atoms with Crippen LogP contribution in [0.4, 0.5) is 0 Å². The van der Waals surface area contributed by atoms with Gasteiger partial charge >= 0.3 is 0 Å². The summed E-state index contributed by atoms with van der Waals surface area (Å²) in [5, 5.41) is 4.41. The standard InChI is InChI=1S/C18H22N4O/c23-18(16-12-20-22-11-2-1-5-17(16)22)21-10-3-4-15(13-21)14-6-8-19-9-7-14/h6-9,12,15H,1-5,10-11,13H2/t15-/m0/s1. The zero-order valence-corrected chi connectivity index (χ0v) is 13.3. The minimum Gasteiger partial charge on any atom is -0.338 e. The lowest BCUT2D eigenvalue weighted by Crippen LogP contribution is -2.39. The summed E-state index contributed by atoms with van der Waals surface area (Å²) in [6.07, 6.45) is 10.9. The van der Waals surface area contributed by atoms with Gasteiger partial charge in [0.1, 0.15) is 0 Å². The first-order valence-electron chi connectivity index (χ1n) is 8.57. The highest BCUT2D eigenvalue weighted by Crippen LogP contribution is 2.28. The number of carbonyl (C=O) groups is 1. The number of likely N-dealkylation sites (tertiary alicyclic amines) is 1. The van der Waals surface area contributed by atoms with Gasteiger partial charge < -0.3 is 4.90 Å². The first-order valence-corrected chi connectivity index (χ1v) is 8.57. The molecule has 1 atom stereocenters. The number of hydrogen-bond donors (Lipinski definition) is 0. The van der Waals surface area contributed by atoms with Crippen LogP contribution in [0.2, 0.25) is 0 Å². The molecule has 1 fully saturated rings. The molecule has 23 heavy (non-hydrogen) atoms. The Morgan fingerprint density at radius 2 is 2.00 bits per heavy atom. The van der Waals surface area contributed by atoms with Crippen LogP contribution in [0.5, 0.6) is 0 Å². The molecule has 2 aromatic heterocycles. The van der Waals surface area contributed by atoms with E-state index < -0.39 is 0 Å². The molecule has 5 nitrogen and oxygen atoms in total. The highest BCUT2D eigenvalue weighted by molar-refractivity contribution is 5.95. The van der Waals surface area contributed by atoms with Crippen molar-refractivity contribution in [2.45, 2.75) is 44.6 Å². The number of amides is 1. The zero-order valence-electron chi connectivity index (χ0n) is 13.3. The van der Waals surface area contributed by atoms with E-state index in [1.54, 1.807) is 6.20 Å². The largest absolute Gasteiger partial charge is 0.338 e. The van der Waals surface area contributed by atoms with Crippen LogP contribution in [0.15, 0.2) is 30.7 Å². The Morgan fingerprint density at radius 3 is 2.87 bits per heavy atom. The monoisotopic (exact) mass is 310 g/mol. The molecular weight excluding hydrogens is 288 g/mol. The van der Waals surface area contributed by atoms with Crippen molar-refractivity contribution in [3.05, 3.63) is 47.5 Å². The molecule has 0 aromatic carbocycles. The Balaban J connectivity index is 1.53. The summed E-state index contributed by atoms with van der Waals surface area (Å²) >= 11 is 0. The highest BCUT2D eigenvalue weighted by atomic mass is 16.2. The first kappa shape index (κ1) is 14.4. The second-order valence-electron chi connectivity index (χ2n) is 6.56. The summed E-state index contributed by atoms with van der Waals surface area (Å²) in [6.45, 7) is 2.60. The van der Waals surface area contributed by atoms with E-state index in [4.69, 9.17) is 0 Å².